The molecule has 17 heavy (non-hydrogen) atoms. The summed E-state index contributed by atoms with van der Waals surface area (Å²) < 4.78 is 0. The molecular formula is C12H8N3O2-. The molecule has 0 aliphatic carbocycles. The second kappa shape index (κ2) is 4.52. The molecule has 0 aliphatic rings. The molecule has 2 aromatic rings. The third-order valence-electron chi connectivity index (χ3n) is 2.39. The van der Waals surface area contributed by atoms with E-state index < -0.39 is 5.78 Å². The Morgan fingerprint density at radius 1 is 1.24 bits per heavy atom. The lowest BCUT2D eigenvalue weighted by molar-refractivity contribution is 0.106. The van der Waals surface area contributed by atoms with Gasteiger partial charge in [0, 0.05) is 5.39 Å². The number of ketones is 1. The van der Waals surface area contributed by atoms with Crippen LogP contribution in [0.5, 0.6) is 5.75 Å². The summed E-state index contributed by atoms with van der Waals surface area (Å²) >= 11 is 0. The molecule has 0 saturated carbocycles. The van der Waals surface area contributed by atoms with Crippen molar-refractivity contribution in [3.63, 3.8) is 0 Å². The molecule has 0 fully saturated rings. The molecule has 0 atom stereocenters. The number of carbonyl (C=O) groups excluding carboxylic acids is 1. The summed E-state index contributed by atoms with van der Waals surface area (Å²) in [4.78, 5) is 11.6. The van der Waals surface area contributed by atoms with Crippen LogP contribution in [-0.2, 0) is 0 Å². The topological polar surface area (TPSA) is 84.3 Å². The summed E-state index contributed by atoms with van der Waals surface area (Å²) in [6, 6.07) is 10.4. The van der Waals surface area contributed by atoms with Crippen LogP contribution in [-0.4, -0.2) is 17.1 Å². The van der Waals surface area contributed by atoms with Gasteiger partial charge in [-0.05, 0) is 17.7 Å². The highest BCUT2D eigenvalue weighted by Gasteiger charge is 2.10. The fraction of sp³-hybridized carbons (Fsp3) is 0. The minimum atomic E-state index is -0.522. The summed E-state index contributed by atoms with van der Waals surface area (Å²) in [5.74, 6) is -0.622. The van der Waals surface area contributed by atoms with Crippen molar-refractivity contribution < 1.29 is 9.90 Å². The van der Waals surface area contributed by atoms with Crippen molar-refractivity contribution in [2.45, 2.75) is 0 Å². The standard InChI is InChI=1S/C12H8N3O2/c13-15-14-7-11(16)10-6-5-8-3-1-2-4-9(8)12(10)17/h1-7,17H/q-1. The van der Waals surface area contributed by atoms with E-state index in [2.05, 4.69) is 10.3 Å². The van der Waals surface area contributed by atoms with Crippen LogP contribution in [0.4, 0.5) is 0 Å². The van der Waals surface area contributed by atoms with Gasteiger partial charge in [0.25, 0.3) is 0 Å². The average molecular weight is 226 g/mol. The lowest BCUT2D eigenvalue weighted by Crippen LogP contribution is -2.00. The molecule has 2 rings (SSSR count). The fourth-order valence-electron chi connectivity index (χ4n) is 1.60. The Hall–Kier alpha value is -2.56. The van der Waals surface area contributed by atoms with E-state index >= 15 is 0 Å². The second-order valence-corrected chi connectivity index (χ2v) is 3.38. The van der Waals surface area contributed by atoms with Crippen molar-refractivity contribution in [1.29, 1.82) is 0 Å². The lowest BCUT2D eigenvalue weighted by atomic mass is 10.0. The maximum Gasteiger partial charge on any atom is 0.186 e. The van der Waals surface area contributed by atoms with Gasteiger partial charge in [-0.1, -0.05) is 30.3 Å². The predicted octanol–water partition coefficient (Wildman–Crippen LogP) is 2.74. The molecule has 5 heteroatoms. The van der Waals surface area contributed by atoms with E-state index in [0.29, 0.717) is 5.39 Å². The molecule has 0 spiro atoms. The number of phenols is 1. The third-order valence-corrected chi connectivity index (χ3v) is 2.39. The SMILES string of the molecule is [N-]=NN=CC(=O)c1ccc2ccccc2c1O. The van der Waals surface area contributed by atoms with Crippen LogP contribution in [0, 0.1) is 0 Å². The first kappa shape index (κ1) is 10.9. The Bertz CT molecular complexity index is 620. The Morgan fingerprint density at radius 3 is 2.76 bits per heavy atom. The zero-order chi connectivity index (χ0) is 12.3. The molecule has 0 radical (unpaired) electrons. The highest BCUT2D eigenvalue weighted by Crippen LogP contribution is 2.28. The molecule has 0 aromatic heterocycles. The number of fused-ring (bicyclic) bond motifs is 1. The third kappa shape index (κ3) is 2.03. The maximum atomic E-state index is 11.6. The summed E-state index contributed by atoms with van der Waals surface area (Å²) in [7, 11) is 0. The Labute approximate surface area is 96.9 Å². The lowest BCUT2D eigenvalue weighted by Gasteiger charge is -2.05. The van der Waals surface area contributed by atoms with Crippen molar-refractivity contribution in [3.8, 4) is 5.75 Å². The largest absolute Gasteiger partial charge is 0.507 e. The molecular weight excluding hydrogens is 218 g/mol. The minimum Gasteiger partial charge on any atom is -0.507 e. The van der Waals surface area contributed by atoms with E-state index in [9.17, 15) is 9.90 Å². The highest BCUT2D eigenvalue weighted by atomic mass is 16.3. The number of Topliss-reactive ketones (excluding diaryl/α,β-unsaturated/α-hetero) is 1. The second-order valence-electron chi connectivity index (χ2n) is 3.38. The van der Waals surface area contributed by atoms with Gasteiger partial charge in [0.1, 0.15) is 5.75 Å². The van der Waals surface area contributed by atoms with Gasteiger partial charge < -0.3 is 15.7 Å². The van der Waals surface area contributed by atoms with Crippen LogP contribution in [0.2, 0.25) is 0 Å². The fourth-order valence-corrected chi connectivity index (χ4v) is 1.60. The smallest absolute Gasteiger partial charge is 0.186 e. The molecule has 84 valence electrons. The van der Waals surface area contributed by atoms with Crippen molar-refractivity contribution in [1.82, 2.24) is 0 Å². The summed E-state index contributed by atoms with van der Waals surface area (Å²) in [6.07, 6.45) is 0.837. The first-order valence-corrected chi connectivity index (χ1v) is 4.86. The normalized spacial score (nSPS) is 10.8. The molecule has 0 unspecified atom stereocenters. The van der Waals surface area contributed by atoms with Gasteiger partial charge in [0.15, 0.2) is 5.78 Å². The van der Waals surface area contributed by atoms with E-state index in [1.807, 2.05) is 12.1 Å². The first-order valence-electron chi connectivity index (χ1n) is 4.86. The number of rotatable bonds is 3. The van der Waals surface area contributed by atoms with Gasteiger partial charge in [0.05, 0.1) is 5.56 Å². The Morgan fingerprint density at radius 2 is 2.00 bits per heavy atom. The number of hydrogen-bond donors (Lipinski definition) is 1. The number of aromatic hydroxyl groups is 1. The summed E-state index contributed by atoms with van der Waals surface area (Å²) in [5.41, 5.74) is 8.24. The Kier molecular flexibility index (Phi) is 2.91. The summed E-state index contributed by atoms with van der Waals surface area (Å²) in [6.45, 7) is 0. The average Bonchev–Trinajstić information content (AvgIpc) is 2.37. The van der Waals surface area contributed by atoms with Crippen LogP contribution in [0.25, 0.3) is 16.3 Å². The van der Waals surface area contributed by atoms with Gasteiger partial charge in [0.2, 0.25) is 0 Å². The van der Waals surface area contributed by atoms with Gasteiger partial charge in [-0.15, -0.1) is 0 Å². The van der Waals surface area contributed by atoms with E-state index in [4.69, 9.17) is 5.53 Å². The van der Waals surface area contributed by atoms with Crippen LogP contribution in [0.3, 0.4) is 0 Å². The van der Waals surface area contributed by atoms with E-state index in [0.717, 1.165) is 11.6 Å². The van der Waals surface area contributed by atoms with Gasteiger partial charge in [-0.25, -0.2) is 0 Å². The highest BCUT2D eigenvalue weighted by molar-refractivity contribution is 6.36. The molecule has 0 aliphatic heterocycles. The van der Waals surface area contributed by atoms with Crippen molar-refractivity contribution >= 4 is 22.8 Å². The molecule has 0 amide bonds. The number of hydrogen-bond acceptors (Lipinski definition) is 3. The molecule has 1 N–H and O–H groups in total. The zero-order valence-electron chi connectivity index (χ0n) is 8.74. The van der Waals surface area contributed by atoms with Gasteiger partial charge >= 0.3 is 0 Å². The van der Waals surface area contributed by atoms with Gasteiger partial charge in [-0.3, -0.25) is 10.0 Å². The van der Waals surface area contributed by atoms with Crippen molar-refractivity contribution in [2.24, 2.45) is 10.3 Å². The summed E-state index contributed by atoms with van der Waals surface area (Å²) in [5, 5.41) is 16.9. The molecule has 2 aromatic carbocycles. The first-order chi connectivity index (χ1) is 8.24. The Balaban J connectivity index is 2.56. The van der Waals surface area contributed by atoms with E-state index in [-0.39, 0.29) is 11.3 Å². The number of nitrogens with zero attached hydrogens (tertiary/aromatic N) is 3. The van der Waals surface area contributed by atoms with Crippen LogP contribution in [0.15, 0.2) is 46.7 Å². The monoisotopic (exact) mass is 226 g/mol. The van der Waals surface area contributed by atoms with Crippen molar-refractivity contribution in [2.75, 3.05) is 0 Å². The predicted molar refractivity (Wildman–Crippen MR) is 64.2 cm³/mol. The van der Waals surface area contributed by atoms with E-state index in [1.54, 1.807) is 18.2 Å². The number of carbonyl (C=O) groups is 1. The van der Waals surface area contributed by atoms with E-state index in [1.165, 1.54) is 6.07 Å². The van der Waals surface area contributed by atoms with Gasteiger partial charge in [-0.2, -0.15) is 0 Å². The minimum absolute atomic E-state index is 0.0995. The molecule has 5 nitrogen and oxygen atoms in total. The van der Waals surface area contributed by atoms with Crippen LogP contribution >= 0.6 is 0 Å². The maximum absolute atomic E-state index is 11.6. The van der Waals surface area contributed by atoms with Crippen LogP contribution < -0.4 is 0 Å². The van der Waals surface area contributed by atoms with Crippen LogP contribution in [0.1, 0.15) is 10.4 Å². The number of phenolic OH excluding ortho intramolecular Hbond substituents is 1. The molecule has 0 bridgehead atoms. The zero-order valence-corrected chi connectivity index (χ0v) is 8.74. The number of benzene rings is 2. The molecule has 0 saturated heterocycles. The molecule has 0 heterocycles. The quantitative estimate of drug-likeness (QED) is 0.377. The van der Waals surface area contributed by atoms with Crippen molar-refractivity contribution in [3.05, 3.63) is 47.5 Å².